The fourth-order valence-corrected chi connectivity index (χ4v) is 1.96. The molecule has 0 radical (unpaired) electrons. The maximum atomic E-state index is 12.1. The number of quaternary nitrogens is 1. The molecule has 0 saturated carbocycles. The van der Waals surface area contributed by atoms with Gasteiger partial charge in [0.1, 0.15) is 0 Å². The zero-order valence-corrected chi connectivity index (χ0v) is 11.9. The van der Waals surface area contributed by atoms with Crippen LogP contribution in [0.4, 0.5) is 0 Å². The zero-order chi connectivity index (χ0) is 13.6. The van der Waals surface area contributed by atoms with Crippen molar-refractivity contribution < 1.29 is 9.28 Å². The first-order valence-corrected chi connectivity index (χ1v) is 6.50. The molecule has 0 amide bonds. The van der Waals surface area contributed by atoms with Gasteiger partial charge in [0.25, 0.3) is 0 Å². The predicted molar refractivity (Wildman–Crippen MR) is 77.2 cm³/mol. The second kappa shape index (κ2) is 6.50. The maximum absolute atomic E-state index is 12.1. The van der Waals surface area contributed by atoms with Crippen molar-refractivity contribution in [2.24, 2.45) is 5.92 Å². The van der Waals surface area contributed by atoms with Crippen molar-refractivity contribution in [1.82, 2.24) is 0 Å². The summed E-state index contributed by atoms with van der Waals surface area (Å²) < 4.78 is 0.823. The van der Waals surface area contributed by atoms with Crippen LogP contribution in [-0.4, -0.2) is 38.0 Å². The van der Waals surface area contributed by atoms with E-state index in [0.29, 0.717) is 0 Å². The van der Waals surface area contributed by atoms with Gasteiger partial charge in [-0.2, -0.15) is 0 Å². The third kappa shape index (κ3) is 5.28. The first-order valence-electron chi connectivity index (χ1n) is 6.50. The molecule has 0 aliphatic carbocycles. The number of ketones is 1. The van der Waals surface area contributed by atoms with Crippen LogP contribution in [0.15, 0.2) is 36.4 Å². The molecule has 2 heteroatoms. The van der Waals surface area contributed by atoms with Crippen LogP contribution >= 0.6 is 0 Å². The van der Waals surface area contributed by atoms with E-state index in [0.717, 1.165) is 23.0 Å². The van der Waals surface area contributed by atoms with Crippen LogP contribution in [-0.2, 0) is 4.79 Å². The molecule has 0 aromatic heterocycles. The summed E-state index contributed by atoms with van der Waals surface area (Å²) in [5.41, 5.74) is 1.07. The van der Waals surface area contributed by atoms with Crippen LogP contribution in [0.5, 0.6) is 0 Å². The molecule has 0 aliphatic rings. The lowest BCUT2D eigenvalue weighted by Crippen LogP contribution is -2.41. The second-order valence-electron chi connectivity index (χ2n) is 5.72. The molecule has 1 rings (SSSR count). The Bertz CT molecular complexity index is 401. The summed E-state index contributed by atoms with van der Waals surface area (Å²) in [4.78, 5) is 12.1. The van der Waals surface area contributed by atoms with Gasteiger partial charge in [-0.25, -0.2) is 0 Å². The molecule has 2 nitrogen and oxygen atoms in total. The number of hydrogen-bond acceptors (Lipinski definition) is 1. The molecular weight excluding hydrogens is 222 g/mol. The first kappa shape index (κ1) is 14.7. The molecule has 1 aromatic rings. The predicted octanol–water partition coefficient (Wildman–Crippen LogP) is 3.00. The highest BCUT2D eigenvalue weighted by Crippen LogP contribution is 2.11. The molecule has 0 unspecified atom stereocenters. The third-order valence-corrected chi connectivity index (χ3v) is 2.90. The Morgan fingerprint density at radius 3 is 2.33 bits per heavy atom. The van der Waals surface area contributed by atoms with Gasteiger partial charge < -0.3 is 4.48 Å². The van der Waals surface area contributed by atoms with E-state index in [4.69, 9.17) is 0 Å². The fraction of sp³-hybridized carbons (Fsp3) is 0.438. The Hall–Kier alpha value is -1.41. The van der Waals surface area contributed by atoms with Crippen LogP contribution in [0.3, 0.4) is 0 Å². The van der Waals surface area contributed by atoms with Crippen LogP contribution in [0, 0.1) is 5.92 Å². The van der Waals surface area contributed by atoms with Gasteiger partial charge in [-0.05, 0) is 18.1 Å². The van der Waals surface area contributed by atoms with Crippen molar-refractivity contribution in [3.8, 4) is 0 Å². The summed E-state index contributed by atoms with van der Waals surface area (Å²) in [6, 6.07) is 9.95. The summed E-state index contributed by atoms with van der Waals surface area (Å²) in [5, 5.41) is 0. The van der Waals surface area contributed by atoms with E-state index in [-0.39, 0.29) is 11.7 Å². The highest BCUT2D eigenvalue weighted by atomic mass is 16.1. The molecule has 0 fully saturated rings. The van der Waals surface area contributed by atoms with E-state index in [1.54, 1.807) is 6.08 Å². The topological polar surface area (TPSA) is 17.1 Å². The summed E-state index contributed by atoms with van der Waals surface area (Å²) in [7, 11) is 6.37. The maximum Gasteiger partial charge on any atom is 0.164 e. The molecule has 0 bridgehead atoms. The zero-order valence-electron chi connectivity index (χ0n) is 11.9. The van der Waals surface area contributed by atoms with Crippen LogP contribution in [0.25, 0.3) is 6.08 Å². The Morgan fingerprint density at radius 2 is 1.83 bits per heavy atom. The van der Waals surface area contributed by atoms with Gasteiger partial charge in [-0.3, -0.25) is 4.79 Å². The molecule has 1 atom stereocenters. The highest BCUT2D eigenvalue weighted by Gasteiger charge is 2.21. The Balaban J connectivity index is 2.66. The van der Waals surface area contributed by atoms with Gasteiger partial charge in [-0.15, -0.1) is 0 Å². The highest BCUT2D eigenvalue weighted by molar-refractivity contribution is 5.95. The molecule has 0 N–H and O–H groups in total. The number of benzene rings is 1. The van der Waals surface area contributed by atoms with Crippen molar-refractivity contribution in [3.63, 3.8) is 0 Å². The standard InChI is InChI=1S/C16H24NO/c1-5-15(13-17(2,3)4)16(18)12-11-14-9-7-6-8-10-14/h6-12,15H,5,13H2,1-4H3/q+1/b12-11+/t15-/m1/s1. The van der Waals surface area contributed by atoms with Crippen LogP contribution in [0.2, 0.25) is 0 Å². The summed E-state index contributed by atoms with van der Waals surface area (Å²) >= 11 is 0. The van der Waals surface area contributed by atoms with E-state index < -0.39 is 0 Å². The Morgan fingerprint density at radius 1 is 1.22 bits per heavy atom. The molecule has 0 heterocycles. The van der Waals surface area contributed by atoms with Gasteiger partial charge in [-0.1, -0.05) is 43.3 Å². The smallest absolute Gasteiger partial charge is 0.164 e. The number of hydrogen-bond donors (Lipinski definition) is 0. The van der Waals surface area contributed by atoms with Crippen LogP contribution in [0.1, 0.15) is 18.9 Å². The molecule has 98 valence electrons. The van der Waals surface area contributed by atoms with Crippen molar-refractivity contribution >= 4 is 11.9 Å². The largest absolute Gasteiger partial charge is 0.330 e. The quantitative estimate of drug-likeness (QED) is 0.557. The summed E-state index contributed by atoms with van der Waals surface area (Å²) in [5.74, 6) is 0.347. The van der Waals surface area contributed by atoms with Crippen molar-refractivity contribution in [2.45, 2.75) is 13.3 Å². The SMILES string of the molecule is CC[C@H](C[N+](C)(C)C)C(=O)/C=C/c1ccccc1. The van der Waals surface area contributed by atoms with E-state index in [9.17, 15) is 4.79 Å². The number of carbonyl (C=O) groups excluding carboxylic acids is 1. The van der Waals surface area contributed by atoms with Gasteiger partial charge in [0, 0.05) is 0 Å². The van der Waals surface area contributed by atoms with E-state index in [1.165, 1.54) is 0 Å². The minimum atomic E-state index is 0.116. The molecule has 18 heavy (non-hydrogen) atoms. The average molecular weight is 246 g/mol. The van der Waals surface area contributed by atoms with Crippen molar-refractivity contribution in [1.29, 1.82) is 0 Å². The van der Waals surface area contributed by atoms with E-state index in [1.807, 2.05) is 36.4 Å². The van der Waals surface area contributed by atoms with Gasteiger partial charge in [0.2, 0.25) is 0 Å². The molecule has 0 aliphatic heterocycles. The lowest BCUT2D eigenvalue weighted by Gasteiger charge is -2.27. The monoisotopic (exact) mass is 246 g/mol. The molecule has 0 saturated heterocycles. The minimum absolute atomic E-state index is 0.116. The molecule has 0 spiro atoms. The van der Waals surface area contributed by atoms with E-state index >= 15 is 0 Å². The second-order valence-corrected chi connectivity index (χ2v) is 5.72. The van der Waals surface area contributed by atoms with Gasteiger partial charge in [0.05, 0.1) is 33.6 Å². The first-order chi connectivity index (χ1) is 8.42. The molecule has 1 aromatic carbocycles. The lowest BCUT2D eigenvalue weighted by molar-refractivity contribution is -0.872. The normalized spacial score (nSPS) is 13.8. The Labute approximate surface area is 111 Å². The van der Waals surface area contributed by atoms with Crippen LogP contribution < -0.4 is 0 Å². The average Bonchev–Trinajstić information content (AvgIpc) is 2.33. The fourth-order valence-electron chi connectivity index (χ4n) is 1.96. The summed E-state index contributed by atoms with van der Waals surface area (Å²) in [6.07, 6.45) is 4.52. The van der Waals surface area contributed by atoms with E-state index in [2.05, 4.69) is 28.1 Å². The van der Waals surface area contributed by atoms with Gasteiger partial charge in [0.15, 0.2) is 5.78 Å². The molecular formula is C16H24NO+. The number of carbonyl (C=O) groups is 1. The minimum Gasteiger partial charge on any atom is -0.330 e. The third-order valence-electron chi connectivity index (χ3n) is 2.90. The summed E-state index contributed by atoms with van der Waals surface area (Å²) in [6.45, 7) is 2.96. The number of allylic oxidation sites excluding steroid dienone is 1. The number of nitrogens with zero attached hydrogens (tertiary/aromatic N) is 1. The van der Waals surface area contributed by atoms with Gasteiger partial charge >= 0.3 is 0 Å². The number of rotatable bonds is 6. The lowest BCUT2D eigenvalue weighted by atomic mass is 9.99. The Kier molecular flexibility index (Phi) is 5.29. The van der Waals surface area contributed by atoms with Crippen molar-refractivity contribution in [3.05, 3.63) is 42.0 Å². The van der Waals surface area contributed by atoms with Crippen molar-refractivity contribution in [2.75, 3.05) is 27.7 Å².